The molecular formula is C10H17F2N. The number of alkyl halides is 2. The Morgan fingerprint density at radius 2 is 2.00 bits per heavy atom. The van der Waals surface area contributed by atoms with Crippen LogP contribution < -0.4 is 0 Å². The van der Waals surface area contributed by atoms with Crippen molar-refractivity contribution < 1.29 is 8.78 Å². The summed E-state index contributed by atoms with van der Waals surface area (Å²) < 4.78 is 24.4. The zero-order valence-electron chi connectivity index (χ0n) is 8.05. The Hall–Kier alpha value is -0.180. The van der Waals surface area contributed by atoms with Crippen LogP contribution >= 0.6 is 0 Å². The molecule has 0 N–H and O–H groups in total. The Kier molecular flexibility index (Phi) is 2.54. The van der Waals surface area contributed by atoms with Gasteiger partial charge in [0.25, 0.3) is 0 Å². The molecule has 3 heteroatoms. The first-order valence-corrected chi connectivity index (χ1v) is 5.19. The molecule has 0 spiro atoms. The van der Waals surface area contributed by atoms with Crippen LogP contribution in [0.1, 0.15) is 26.2 Å². The summed E-state index contributed by atoms with van der Waals surface area (Å²) in [7, 11) is 0. The summed E-state index contributed by atoms with van der Waals surface area (Å²) in [6.07, 6.45) is 0.612. The molecule has 76 valence electrons. The van der Waals surface area contributed by atoms with Crippen LogP contribution in [0.2, 0.25) is 0 Å². The van der Waals surface area contributed by atoms with Gasteiger partial charge in [-0.05, 0) is 31.7 Å². The molecule has 1 heterocycles. The SMILES string of the molecule is CC1CCN(C2CC(C(F)F)C2)C1. The van der Waals surface area contributed by atoms with Crippen molar-refractivity contribution >= 4 is 0 Å². The molecule has 1 aliphatic carbocycles. The van der Waals surface area contributed by atoms with Gasteiger partial charge in [-0.2, -0.15) is 0 Å². The Balaban J connectivity index is 1.74. The minimum atomic E-state index is -2.09. The highest BCUT2D eigenvalue weighted by Crippen LogP contribution is 2.37. The summed E-state index contributed by atoms with van der Waals surface area (Å²) >= 11 is 0. The normalized spacial score (nSPS) is 41.1. The zero-order valence-corrected chi connectivity index (χ0v) is 8.05. The molecule has 1 nitrogen and oxygen atoms in total. The van der Waals surface area contributed by atoms with Gasteiger partial charge in [0, 0.05) is 18.5 Å². The fraction of sp³-hybridized carbons (Fsp3) is 1.00. The molecule has 1 unspecified atom stereocenters. The first kappa shape index (κ1) is 9.38. The smallest absolute Gasteiger partial charge is 0.241 e. The summed E-state index contributed by atoms with van der Waals surface area (Å²) in [5, 5.41) is 0. The van der Waals surface area contributed by atoms with Gasteiger partial charge in [0.1, 0.15) is 0 Å². The molecule has 1 aliphatic heterocycles. The number of nitrogens with zero attached hydrogens (tertiary/aromatic N) is 1. The third-order valence-corrected chi connectivity index (χ3v) is 3.48. The van der Waals surface area contributed by atoms with Crippen LogP contribution in [0.5, 0.6) is 0 Å². The highest BCUT2D eigenvalue weighted by Gasteiger charge is 2.40. The molecular weight excluding hydrogens is 172 g/mol. The summed E-state index contributed by atoms with van der Waals surface area (Å²) in [4.78, 5) is 2.39. The van der Waals surface area contributed by atoms with Gasteiger partial charge in [0.05, 0.1) is 0 Å². The highest BCUT2D eigenvalue weighted by atomic mass is 19.3. The second-order valence-electron chi connectivity index (χ2n) is 4.61. The lowest BCUT2D eigenvalue weighted by Crippen LogP contribution is -2.45. The maximum atomic E-state index is 12.2. The topological polar surface area (TPSA) is 3.24 Å². The molecule has 0 amide bonds. The van der Waals surface area contributed by atoms with Gasteiger partial charge in [-0.3, -0.25) is 0 Å². The second kappa shape index (κ2) is 3.52. The summed E-state index contributed by atoms with van der Waals surface area (Å²) in [6.45, 7) is 4.49. The van der Waals surface area contributed by atoms with E-state index in [1.54, 1.807) is 0 Å². The van der Waals surface area contributed by atoms with Crippen LogP contribution in [0.15, 0.2) is 0 Å². The zero-order chi connectivity index (χ0) is 9.42. The molecule has 0 aromatic heterocycles. The van der Waals surface area contributed by atoms with E-state index >= 15 is 0 Å². The van der Waals surface area contributed by atoms with E-state index in [4.69, 9.17) is 0 Å². The molecule has 13 heavy (non-hydrogen) atoms. The van der Waals surface area contributed by atoms with Crippen molar-refractivity contribution in [2.24, 2.45) is 11.8 Å². The summed E-state index contributed by atoms with van der Waals surface area (Å²) in [5.41, 5.74) is 0. The monoisotopic (exact) mass is 189 g/mol. The van der Waals surface area contributed by atoms with Gasteiger partial charge < -0.3 is 4.90 Å². The average Bonchev–Trinajstić information content (AvgIpc) is 2.31. The van der Waals surface area contributed by atoms with E-state index in [2.05, 4.69) is 11.8 Å². The molecule has 2 fully saturated rings. The van der Waals surface area contributed by atoms with Crippen LogP contribution in [0.4, 0.5) is 8.78 Å². The molecule has 1 atom stereocenters. The minimum absolute atomic E-state index is 0.305. The molecule has 1 saturated carbocycles. The Morgan fingerprint density at radius 3 is 2.46 bits per heavy atom. The van der Waals surface area contributed by atoms with Crippen molar-refractivity contribution in [3.05, 3.63) is 0 Å². The summed E-state index contributed by atoms with van der Waals surface area (Å²) in [6, 6.07) is 0.476. The number of hydrogen-bond donors (Lipinski definition) is 0. The molecule has 0 radical (unpaired) electrons. The van der Waals surface area contributed by atoms with Gasteiger partial charge >= 0.3 is 0 Å². The molecule has 0 aromatic rings. The van der Waals surface area contributed by atoms with Crippen LogP contribution in [0.3, 0.4) is 0 Å². The lowest BCUT2D eigenvalue weighted by atomic mass is 9.79. The fourth-order valence-electron chi connectivity index (χ4n) is 2.43. The van der Waals surface area contributed by atoms with E-state index in [1.165, 1.54) is 6.42 Å². The van der Waals surface area contributed by atoms with Gasteiger partial charge in [-0.1, -0.05) is 6.92 Å². The quantitative estimate of drug-likeness (QED) is 0.644. The van der Waals surface area contributed by atoms with Crippen molar-refractivity contribution in [2.45, 2.75) is 38.7 Å². The van der Waals surface area contributed by atoms with Gasteiger partial charge in [-0.25, -0.2) is 8.78 Å². The molecule has 0 aromatic carbocycles. The number of hydrogen-bond acceptors (Lipinski definition) is 1. The molecule has 2 aliphatic rings. The predicted molar refractivity (Wildman–Crippen MR) is 47.9 cm³/mol. The number of rotatable bonds is 2. The molecule has 2 rings (SSSR count). The van der Waals surface area contributed by atoms with Crippen molar-refractivity contribution in [1.82, 2.24) is 4.90 Å². The van der Waals surface area contributed by atoms with Crippen molar-refractivity contribution in [3.8, 4) is 0 Å². The van der Waals surface area contributed by atoms with Crippen molar-refractivity contribution in [1.29, 1.82) is 0 Å². The maximum Gasteiger partial charge on any atom is 0.241 e. The highest BCUT2D eigenvalue weighted by molar-refractivity contribution is 4.91. The first-order valence-electron chi connectivity index (χ1n) is 5.19. The lowest BCUT2D eigenvalue weighted by molar-refractivity contribution is -0.0169. The van der Waals surface area contributed by atoms with E-state index in [1.807, 2.05) is 0 Å². The van der Waals surface area contributed by atoms with Gasteiger partial charge in [-0.15, -0.1) is 0 Å². The fourth-order valence-corrected chi connectivity index (χ4v) is 2.43. The van der Waals surface area contributed by atoms with Crippen LogP contribution in [-0.4, -0.2) is 30.5 Å². The molecule has 1 saturated heterocycles. The van der Waals surface area contributed by atoms with E-state index < -0.39 is 6.43 Å². The average molecular weight is 189 g/mol. The van der Waals surface area contributed by atoms with Gasteiger partial charge in [0.2, 0.25) is 6.43 Å². The van der Waals surface area contributed by atoms with Crippen molar-refractivity contribution in [3.63, 3.8) is 0 Å². The third kappa shape index (κ3) is 1.85. The Labute approximate surface area is 78.1 Å². The largest absolute Gasteiger partial charge is 0.300 e. The standard InChI is InChI=1S/C10H17F2N/c1-7-2-3-13(6-7)9-4-8(5-9)10(11)12/h7-10H,2-6H2,1H3. The van der Waals surface area contributed by atoms with Crippen LogP contribution in [0.25, 0.3) is 0 Å². The maximum absolute atomic E-state index is 12.2. The predicted octanol–water partition coefficient (Wildman–Crippen LogP) is 2.37. The number of halogens is 2. The number of likely N-dealkylation sites (tertiary alicyclic amines) is 1. The molecule has 0 bridgehead atoms. The van der Waals surface area contributed by atoms with Crippen molar-refractivity contribution in [2.75, 3.05) is 13.1 Å². The summed E-state index contributed by atoms with van der Waals surface area (Å²) in [5.74, 6) is 0.464. The van der Waals surface area contributed by atoms with Gasteiger partial charge in [0.15, 0.2) is 0 Å². The minimum Gasteiger partial charge on any atom is -0.300 e. The Bertz CT molecular complexity index is 178. The first-order chi connectivity index (χ1) is 6.16. The lowest BCUT2D eigenvalue weighted by Gasteiger charge is -2.40. The third-order valence-electron chi connectivity index (χ3n) is 3.48. The van der Waals surface area contributed by atoms with Crippen LogP contribution in [0, 0.1) is 11.8 Å². The Morgan fingerprint density at radius 1 is 1.31 bits per heavy atom. The second-order valence-corrected chi connectivity index (χ2v) is 4.61. The van der Waals surface area contributed by atoms with Crippen LogP contribution in [-0.2, 0) is 0 Å². The van der Waals surface area contributed by atoms with E-state index in [9.17, 15) is 8.78 Å². The van der Waals surface area contributed by atoms with E-state index in [0.717, 1.165) is 31.8 Å². The van der Waals surface area contributed by atoms with E-state index in [-0.39, 0.29) is 5.92 Å². The van der Waals surface area contributed by atoms with E-state index in [0.29, 0.717) is 6.04 Å².